The van der Waals surface area contributed by atoms with Gasteiger partial charge in [-0.05, 0) is 42.4 Å². The summed E-state index contributed by atoms with van der Waals surface area (Å²) in [5, 5.41) is 0. The SMILES string of the molecule is CCCc1c(C)cccc1C(C)CC. The van der Waals surface area contributed by atoms with Crippen LogP contribution in [0.4, 0.5) is 0 Å². The minimum absolute atomic E-state index is 0.705. The van der Waals surface area contributed by atoms with Crippen molar-refractivity contribution in [2.24, 2.45) is 0 Å². The molecule has 0 aliphatic heterocycles. The largest absolute Gasteiger partial charge is 0.0651 e. The van der Waals surface area contributed by atoms with Crippen LogP contribution in [-0.4, -0.2) is 0 Å². The van der Waals surface area contributed by atoms with Crippen LogP contribution in [0.3, 0.4) is 0 Å². The molecule has 1 aromatic carbocycles. The molecule has 1 aromatic rings. The van der Waals surface area contributed by atoms with Gasteiger partial charge < -0.3 is 0 Å². The monoisotopic (exact) mass is 190 g/mol. The Kier molecular flexibility index (Phi) is 4.19. The lowest BCUT2D eigenvalue weighted by Gasteiger charge is -2.16. The molecule has 0 aromatic heterocycles. The predicted octanol–water partition coefficient (Wildman–Crippen LogP) is 4.46. The summed E-state index contributed by atoms with van der Waals surface area (Å²) in [6.07, 6.45) is 3.71. The van der Waals surface area contributed by atoms with E-state index in [-0.39, 0.29) is 0 Å². The van der Waals surface area contributed by atoms with Crippen molar-refractivity contribution < 1.29 is 0 Å². The van der Waals surface area contributed by atoms with E-state index in [2.05, 4.69) is 45.9 Å². The van der Waals surface area contributed by atoms with Gasteiger partial charge in [-0.3, -0.25) is 0 Å². The van der Waals surface area contributed by atoms with Gasteiger partial charge in [0.1, 0.15) is 0 Å². The molecule has 78 valence electrons. The second-order valence-corrected chi connectivity index (χ2v) is 4.20. The molecule has 0 radical (unpaired) electrons. The van der Waals surface area contributed by atoms with E-state index in [1.54, 1.807) is 11.1 Å². The summed E-state index contributed by atoms with van der Waals surface area (Å²) in [5.41, 5.74) is 4.61. The average molecular weight is 190 g/mol. The van der Waals surface area contributed by atoms with Gasteiger partial charge in [-0.15, -0.1) is 0 Å². The highest BCUT2D eigenvalue weighted by molar-refractivity contribution is 5.36. The molecule has 0 aliphatic rings. The quantitative estimate of drug-likeness (QED) is 0.657. The molecule has 14 heavy (non-hydrogen) atoms. The summed E-state index contributed by atoms with van der Waals surface area (Å²) in [6, 6.07) is 6.72. The molecule has 1 rings (SSSR count). The lowest BCUT2D eigenvalue weighted by atomic mass is 9.89. The highest BCUT2D eigenvalue weighted by Crippen LogP contribution is 2.25. The molecular formula is C14H22. The Morgan fingerprint density at radius 3 is 2.50 bits per heavy atom. The summed E-state index contributed by atoms with van der Waals surface area (Å²) in [6.45, 7) is 9.08. The third-order valence-corrected chi connectivity index (χ3v) is 3.09. The number of hydrogen-bond acceptors (Lipinski definition) is 0. The Bertz CT molecular complexity index is 286. The second-order valence-electron chi connectivity index (χ2n) is 4.20. The predicted molar refractivity (Wildman–Crippen MR) is 63.9 cm³/mol. The number of hydrogen-bond donors (Lipinski definition) is 0. The summed E-state index contributed by atoms with van der Waals surface area (Å²) in [5.74, 6) is 0.705. The molecule has 0 fully saturated rings. The van der Waals surface area contributed by atoms with Crippen LogP contribution in [0.15, 0.2) is 18.2 Å². The van der Waals surface area contributed by atoms with Gasteiger partial charge >= 0.3 is 0 Å². The van der Waals surface area contributed by atoms with Gasteiger partial charge in [0.05, 0.1) is 0 Å². The van der Waals surface area contributed by atoms with Crippen molar-refractivity contribution in [2.45, 2.75) is 52.9 Å². The fourth-order valence-electron chi connectivity index (χ4n) is 2.00. The van der Waals surface area contributed by atoms with Gasteiger partial charge in [-0.1, -0.05) is 45.4 Å². The van der Waals surface area contributed by atoms with E-state index in [9.17, 15) is 0 Å². The van der Waals surface area contributed by atoms with E-state index in [4.69, 9.17) is 0 Å². The Morgan fingerprint density at radius 2 is 1.93 bits per heavy atom. The van der Waals surface area contributed by atoms with Gasteiger partial charge in [0, 0.05) is 0 Å². The molecule has 0 heteroatoms. The van der Waals surface area contributed by atoms with Gasteiger partial charge in [0.2, 0.25) is 0 Å². The van der Waals surface area contributed by atoms with E-state index in [0.717, 1.165) is 0 Å². The third-order valence-electron chi connectivity index (χ3n) is 3.09. The number of benzene rings is 1. The van der Waals surface area contributed by atoms with Crippen LogP contribution in [0.25, 0.3) is 0 Å². The molecule has 0 spiro atoms. The Hall–Kier alpha value is -0.780. The number of rotatable bonds is 4. The van der Waals surface area contributed by atoms with E-state index >= 15 is 0 Å². The van der Waals surface area contributed by atoms with Crippen LogP contribution < -0.4 is 0 Å². The lowest BCUT2D eigenvalue weighted by Crippen LogP contribution is -2.00. The maximum absolute atomic E-state index is 2.33. The first-order chi connectivity index (χ1) is 6.70. The van der Waals surface area contributed by atoms with Crippen molar-refractivity contribution in [1.82, 2.24) is 0 Å². The van der Waals surface area contributed by atoms with Crippen molar-refractivity contribution in [1.29, 1.82) is 0 Å². The first kappa shape index (κ1) is 11.3. The van der Waals surface area contributed by atoms with E-state index in [1.165, 1.54) is 24.8 Å². The maximum Gasteiger partial charge on any atom is -0.0190 e. The molecular weight excluding hydrogens is 168 g/mol. The summed E-state index contributed by atoms with van der Waals surface area (Å²) in [7, 11) is 0. The second kappa shape index (κ2) is 5.19. The van der Waals surface area contributed by atoms with E-state index in [0.29, 0.717) is 5.92 Å². The summed E-state index contributed by atoms with van der Waals surface area (Å²) in [4.78, 5) is 0. The minimum atomic E-state index is 0.705. The molecule has 1 unspecified atom stereocenters. The van der Waals surface area contributed by atoms with E-state index < -0.39 is 0 Å². The van der Waals surface area contributed by atoms with Gasteiger partial charge in [0.25, 0.3) is 0 Å². The molecule has 0 heterocycles. The van der Waals surface area contributed by atoms with Crippen LogP contribution in [0.2, 0.25) is 0 Å². The molecule has 0 bridgehead atoms. The topological polar surface area (TPSA) is 0 Å². The average Bonchev–Trinajstić information content (AvgIpc) is 2.20. The van der Waals surface area contributed by atoms with Crippen molar-refractivity contribution in [3.05, 3.63) is 34.9 Å². The molecule has 0 saturated carbocycles. The molecule has 0 nitrogen and oxygen atoms in total. The Labute approximate surface area is 88.4 Å². The van der Waals surface area contributed by atoms with Crippen LogP contribution in [0.1, 0.15) is 56.2 Å². The first-order valence-corrected chi connectivity index (χ1v) is 5.79. The maximum atomic E-state index is 2.33. The van der Waals surface area contributed by atoms with Crippen LogP contribution in [-0.2, 0) is 6.42 Å². The Morgan fingerprint density at radius 1 is 1.21 bits per heavy atom. The van der Waals surface area contributed by atoms with Crippen molar-refractivity contribution in [2.75, 3.05) is 0 Å². The van der Waals surface area contributed by atoms with Gasteiger partial charge in [0.15, 0.2) is 0 Å². The number of aryl methyl sites for hydroxylation is 1. The van der Waals surface area contributed by atoms with Gasteiger partial charge in [-0.2, -0.15) is 0 Å². The molecule has 0 aliphatic carbocycles. The van der Waals surface area contributed by atoms with Crippen molar-refractivity contribution >= 4 is 0 Å². The first-order valence-electron chi connectivity index (χ1n) is 5.79. The van der Waals surface area contributed by atoms with E-state index in [1.807, 2.05) is 0 Å². The fraction of sp³-hybridized carbons (Fsp3) is 0.571. The normalized spacial score (nSPS) is 12.9. The highest BCUT2D eigenvalue weighted by atomic mass is 14.1. The zero-order valence-corrected chi connectivity index (χ0v) is 9.93. The molecule has 0 N–H and O–H groups in total. The van der Waals surface area contributed by atoms with Crippen LogP contribution in [0, 0.1) is 6.92 Å². The fourth-order valence-corrected chi connectivity index (χ4v) is 2.00. The van der Waals surface area contributed by atoms with Crippen molar-refractivity contribution in [3.8, 4) is 0 Å². The van der Waals surface area contributed by atoms with Crippen LogP contribution in [0.5, 0.6) is 0 Å². The molecule has 1 atom stereocenters. The van der Waals surface area contributed by atoms with Crippen molar-refractivity contribution in [3.63, 3.8) is 0 Å². The standard InChI is InChI=1S/C14H22/c1-5-8-13-12(4)9-7-10-14(13)11(3)6-2/h7,9-11H,5-6,8H2,1-4H3. The zero-order valence-electron chi connectivity index (χ0n) is 9.93. The van der Waals surface area contributed by atoms with Crippen LogP contribution >= 0.6 is 0 Å². The molecule has 0 saturated heterocycles. The third kappa shape index (κ3) is 2.37. The molecule has 0 amide bonds. The van der Waals surface area contributed by atoms with Gasteiger partial charge in [-0.25, -0.2) is 0 Å². The zero-order chi connectivity index (χ0) is 10.6. The lowest BCUT2D eigenvalue weighted by molar-refractivity contribution is 0.716. The summed E-state index contributed by atoms with van der Waals surface area (Å²) < 4.78 is 0. The highest BCUT2D eigenvalue weighted by Gasteiger charge is 2.09. The Balaban J connectivity index is 3.07. The smallest absolute Gasteiger partial charge is 0.0190 e. The minimum Gasteiger partial charge on any atom is -0.0651 e. The summed E-state index contributed by atoms with van der Waals surface area (Å²) >= 11 is 0.